The van der Waals surface area contributed by atoms with Gasteiger partial charge < -0.3 is 15.4 Å². The average Bonchev–Trinajstić information content (AvgIpc) is 2.95. The predicted octanol–water partition coefficient (Wildman–Crippen LogP) is 2.55. The van der Waals surface area contributed by atoms with Crippen LogP contribution in [0.4, 0.5) is 10.5 Å². The van der Waals surface area contributed by atoms with Crippen molar-refractivity contribution in [1.82, 2.24) is 15.1 Å². The Morgan fingerprint density at radius 2 is 2.33 bits per heavy atom. The lowest BCUT2D eigenvalue weighted by atomic mass is 10.0. The SMILES string of the molecule is CCn1cc(NC(=O)N[C@H]2CCOc3ccccc32)cn1. The fourth-order valence-corrected chi connectivity index (χ4v) is 2.42. The van der Waals surface area contributed by atoms with Crippen molar-refractivity contribution in [3.05, 3.63) is 42.2 Å². The first kappa shape index (κ1) is 13.5. The molecule has 0 radical (unpaired) electrons. The second kappa shape index (κ2) is 5.87. The molecule has 0 fully saturated rings. The van der Waals surface area contributed by atoms with Crippen LogP contribution < -0.4 is 15.4 Å². The molecule has 21 heavy (non-hydrogen) atoms. The number of aryl methyl sites for hydroxylation is 1. The zero-order chi connectivity index (χ0) is 14.7. The van der Waals surface area contributed by atoms with E-state index in [4.69, 9.17) is 4.74 Å². The van der Waals surface area contributed by atoms with Crippen molar-refractivity contribution in [2.75, 3.05) is 11.9 Å². The second-order valence-corrected chi connectivity index (χ2v) is 4.91. The van der Waals surface area contributed by atoms with Gasteiger partial charge in [0.05, 0.1) is 24.5 Å². The molecule has 0 unspecified atom stereocenters. The Bertz CT molecular complexity index is 638. The van der Waals surface area contributed by atoms with E-state index >= 15 is 0 Å². The summed E-state index contributed by atoms with van der Waals surface area (Å²) in [5, 5.41) is 9.91. The van der Waals surface area contributed by atoms with E-state index in [2.05, 4.69) is 15.7 Å². The zero-order valence-electron chi connectivity index (χ0n) is 11.9. The quantitative estimate of drug-likeness (QED) is 0.911. The van der Waals surface area contributed by atoms with E-state index in [-0.39, 0.29) is 12.1 Å². The van der Waals surface area contributed by atoms with Gasteiger partial charge in [-0.05, 0) is 13.0 Å². The van der Waals surface area contributed by atoms with Crippen LogP contribution in [-0.2, 0) is 6.54 Å². The van der Waals surface area contributed by atoms with Gasteiger partial charge in [-0.3, -0.25) is 4.68 Å². The highest BCUT2D eigenvalue weighted by Crippen LogP contribution is 2.31. The minimum absolute atomic E-state index is 0.0313. The Balaban J connectivity index is 1.65. The average molecular weight is 286 g/mol. The Kier molecular flexibility index (Phi) is 3.77. The minimum Gasteiger partial charge on any atom is -0.493 e. The van der Waals surface area contributed by atoms with Gasteiger partial charge in [-0.2, -0.15) is 5.10 Å². The summed E-state index contributed by atoms with van der Waals surface area (Å²) in [6, 6.07) is 7.52. The number of hydrogen-bond donors (Lipinski definition) is 2. The summed E-state index contributed by atoms with van der Waals surface area (Å²) in [6.07, 6.45) is 4.21. The summed E-state index contributed by atoms with van der Waals surface area (Å²) >= 11 is 0. The Hall–Kier alpha value is -2.50. The third-order valence-electron chi connectivity index (χ3n) is 3.48. The summed E-state index contributed by atoms with van der Waals surface area (Å²) in [7, 11) is 0. The number of rotatable bonds is 3. The third-order valence-corrected chi connectivity index (χ3v) is 3.48. The van der Waals surface area contributed by atoms with Gasteiger partial charge in [0.2, 0.25) is 0 Å². The number of amides is 2. The smallest absolute Gasteiger partial charge is 0.319 e. The first-order chi connectivity index (χ1) is 10.3. The van der Waals surface area contributed by atoms with Gasteiger partial charge in [-0.1, -0.05) is 18.2 Å². The van der Waals surface area contributed by atoms with Gasteiger partial charge >= 0.3 is 6.03 Å². The first-order valence-electron chi connectivity index (χ1n) is 7.08. The Morgan fingerprint density at radius 3 is 3.14 bits per heavy atom. The topological polar surface area (TPSA) is 68.2 Å². The number of urea groups is 1. The van der Waals surface area contributed by atoms with Crippen LogP contribution in [0.2, 0.25) is 0 Å². The van der Waals surface area contributed by atoms with E-state index in [0.717, 1.165) is 24.3 Å². The first-order valence-corrected chi connectivity index (χ1v) is 7.08. The minimum atomic E-state index is -0.229. The van der Waals surface area contributed by atoms with Crippen LogP contribution in [0.3, 0.4) is 0 Å². The maximum atomic E-state index is 12.1. The van der Waals surface area contributed by atoms with Crippen LogP contribution in [-0.4, -0.2) is 22.4 Å². The molecule has 3 rings (SSSR count). The van der Waals surface area contributed by atoms with Crippen molar-refractivity contribution >= 4 is 11.7 Å². The molecule has 0 saturated heterocycles. The number of benzene rings is 1. The van der Waals surface area contributed by atoms with Crippen LogP contribution in [0.25, 0.3) is 0 Å². The van der Waals surface area contributed by atoms with Crippen LogP contribution in [0.15, 0.2) is 36.7 Å². The molecule has 0 saturated carbocycles. The summed E-state index contributed by atoms with van der Waals surface area (Å²) in [4.78, 5) is 12.1. The molecule has 0 spiro atoms. The van der Waals surface area contributed by atoms with Gasteiger partial charge in [0.25, 0.3) is 0 Å². The van der Waals surface area contributed by atoms with Gasteiger partial charge in [-0.15, -0.1) is 0 Å². The number of hydrogen-bond acceptors (Lipinski definition) is 3. The van der Waals surface area contributed by atoms with Crippen molar-refractivity contribution < 1.29 is 9.53 Å². The molecule has 0 bridgehead atoms. The lowest BCUT2D eigenvalue weighted by molar-refractivity contribution is 0.232. The molecule has 6 nitrogen and oxygen atoms in total. The monoisotopic (exact) mass is 286 g/mol. The predicted molar refractivity (Wildman–Crippen MR) is 79.4 cm³/mol. The zero-order valence-corrected chi connectivity index (χ0v) is 11.9. The fourth-order valence-electron chi connectivity index (χ4n) is 2.42. The van der Waals surface area contributed by atoms with Gasteiger partial charge in [0, 0.05) is 24.7 Å². The summed E-state index contributed by atoms with van der Waals surface area (Å²) in [5.74, 6) is 0.841. The molecule has 2 heterocycles. The molecule has 110 valence electrons. The molecule has 6 heteroatoms. The lowest BCUT2D eigenvalue weighted by Gasteiger charge is -2.26. The highest BCUT2D eigenvalue weighted by atomic mass is 16.5. The number of carbonyl (C=O) groups is 1. The van der Waals surface area contributed by atoms with E-state index in [0.29, 0.717) is 12.3 Å². The molecule has 1 aliphatic rings. The Labute approximate surface area is 123 Å². The number of carbonyl (C=O) groups excluding carboxylic acids is 1. The number of fused-ring (bicyclic) bond motifs is 1. The van der Waals surface area contributed by atoms with Gasteiger partial charge in [-0.25, -0.2) is 4.79 Å². The third kappa shape index (κ3) is 2.99. The molecule has 1 aromatic heterocycles. The second-order valence-electron chi connectivity index (χ2n) is 4.91. The molecule has 2 amide bonds. The van der Waals surface area contributed by atoms with E-state index in [1.54, 1.807) is 17.1 Å². The number of ether oxygens (including phenoxy) is 1. The molecule has 2 N–H and O–H groups in total. The van der Waals surface area contributed by atoms with Crippen molar-refractivity contribution in [2.45, 2.75) is 25.9 Å². The normalized spacial score (nSPS) is 16.7. The van der Waals surface area contributed by atoms with Crippen molar-refractivity contribution in [3.8, 4) is 5.75 Å². The molecule has 2 aromatic rings. The van der Waals surface area contributed by atoms with E-state index < -0.39 is 0 Å². The summed E-state index contributed by atoms with van der Waals surface area (Å²) in [6.45, 7) is 3.38. The van der Waals surface area contributed by atoms with Crippen LogP contribution in [0, 0.1) is 0 Å². The molecule has 1 aromatic carbocycles. The van der Waals surface area contributed by atoms with Gasteiger partial charge in [0.15, 0.2) is 0 Å². The molecule has 0 aliphatic carbocycles. The highest BCUT2D eigenvalue weighted by Gasteiger charge is 2.22. The van der Waals surface area contributed by atoms with Crippen LogP contribution in [0.1, 0.15) is 24.9 Å². The van der Waals surface area contributed by atoms with Gasteiger partial charge in [0.1, 0.15) is 5.75 Å². The highest BCUT2D eigenvalue weighted by molar-refractivity contribution is 5.89. The fraction of sp³-hybridized carbons (Fsp3) is 0.333. The molecular weight excluding hydrogens is 268 g/mol. The Morgan fingerprint density at radius 1 is 1.48 bits per heavy atom. The number of anilines is 1. The van der Waals surface area contributed by atoms with Crippen LogP contribution >= 0.6 is 0 Å². The number of para-hydroxylation sites is 1. The molecule has 1 aliphatic heterocycles. The summed E-state index contributed by atoms with van der Waals surface area (Å²) in [5.41, 5.74) is 1.71. The maximum Gasteiger partial charge on any atom is 0.319 e. The van der Waals surface area contributed by atoms with E-state index in [1.165, 1.54) is 0 Å². The van der Waals surface area contributed by atoms with Crippen molar-refractivity contribution in [2.24, 2.45) is 0 Å². The lowest BCUT2D eigenvalue weighted by Crippen LogP contribution is -2.35. The molecular formula is C15H18N4O2. The largest absolute Gasteiger partial charge is 0.493 e. The number of aromatic nitrogens is 2. The number of nitrogens with zero attached hydrogens (tertiary/aromatic N) is 2. The van der Waals surface area contributed by atoms with Crippen molar-refractivity contribution in [3.63, 3.8) is 0 Å². The molecule has 1 atom stereocenters. The van der Waals surface area contributed by atoms with Crippen molar-refractivity contribution in [1.29, 1.82) is 0 Å². The number of nitrogens with one attached hydrogen (secondary N) is 2. The summed E-state index contributed by atoms with van der Waals surface area (Å²) < 4.78 is 7.35. The van der Waals surface area contributed by atoms with Crippen LogP contribution in [0.5, 0.6) is 5.75 Å². The maximum absolute atomic E-state index is 12.1. The van der Waals surface area contributed by atoms with E-state index in [9.17, 15) is 4.79 Å². The van der Waals surface area contributed by atoms with E-state index in [1.807, 2.05) is 31.2 Å². The standard InChI is InChI=1S/C15H18N4O2/c1-2-19-10-11(9-16-19)17-15(20)18-13-7-8-21-14-6-4-3-5-12(13)14/h3-6,9-10,13H,2,7-8H2,1H3,(H2,17,18,20)/t13-/m0/s1.